The van der Waals surface area contributed by atoms with Crippen LogP contribution in [0.1, 0.15) is 24.0 Å². The van der Waals surface area contributed by atoms with Gasteiger partial charge in [-0.05, 0) is 61.2 Å². The van der Waals surface area contributed by atoms with Crippen molar-refractivity contribution in [1.29, 1.82) is 0 Å². The topological polar surface area (TPSA) is 95.6 Å². The fourth-order valence-corrected chi connectivity index (χ4v) is 4.41. The maximum Gasteiger partial charge on any atom is 0.243 e. The molecule has 0 bridgehead atoms. The number of nitrogens with one attached hydrogen (secondary N) is 2. The van der Waals surface area contributed by atoms with Crippen molar-refractivity contribution in [2.45, 2.75) is 31.1 Å². The molecule has 3 rings (SSSR count). The lowest BCUT2D eigenvalue weighted by molar-refractivity contribution is -0.117. The maximum atomic E-state index is 12.9. The van der Waals surface area contributed by atoms with E-state index in [0.717, 1.165) is 15.4 Å². The Bertz CT molecular complexity index is 1070. The Labute approximate surface area is 175 Å². The van der Waals surface area contributed by atoms with Gasteiger partial charge in [-0.2, -0.15) is 4.31 Å². The van der Waals surface area contributed by atoms with Crippen LogP contribution in [0.25, 0.3) is 0 Å². The first-order chi connectivity index (χ1) is 13.7. The zero-order valence-electron chi connectivity index (χ0n) is 16.2. The lowest BCUT2D eigenvalue weighted by Gasteiger charge is -2.18. The molecule has 2 aromatic carbocycles. The summed E-state index contributed by atoms with van der Waals surface area (Å²) in [4.78, 5) is 24.0. The minimum Gasteiger partial charge on any atom is -0.326 e. The number of sulfonamides is 1. The number of hydrogen-bond donors (Lipinski definition) is 2. The molecule has 1 heterocycles. The molecule has 2 N–H and O–H groups in total. The largest absolute Gasteiger partial charge is 0.326 e. The van der Waals surface area contributed by atoms with Crippen LogP contribution in [0.5, 0.6) is 0 Å². The van der Waals surface area contributed by atoms with E-state index in [0.29, 0.717) is 35.7 Å². The van der Waals surface area contributed by atoms with Gasteiger partial charge in [-0.1, -0.05) is 17.7 Å². The fraction of sp³-hybridized carbons (Fsp3) is 0.300. The van der Waals surface area contributed by atoms with Crippen molar-refractivity contribution in [1.82, 2.24) is 4.31 Å². The molecule has 0 saturated carbocycles. The number of carbonyl (C=O) groups is 2. The van der Waals surface area contributed by atoms with E-state index in [2.05, 4.69) is 10.6 Å². The van der Waals surface area contributed by atoms with Crippen LogP contribution in [-0.4, -0.2) is 38.1 Å². The summed E-state index contributed by atoms with van der Waals surface area (Å²) in [6.45, 7) is 1.50. The van der Waals surface area contributed by atoms with Gasteiger partial charge in [0.25, 0.3) is 0 Å². The molecule has 2 amide bonds. The molecule has 2 aromatic rings. The van der Waals surface area contributed by atoms with Crippen LogP contribution in [-0.2, 0) is 26.0 Å². The molecule has 0 aliphatic carbocycles. The lowest BCUT2D eigenvalue weighted by Crippen LogP contribution is -2.35. The summed E-state index contributed by atoms with van der Waals surface area (Å²) in [5.41, 5.74) is 2.77. The average molecular weight is 436 g/mol. The average Bonchev–Trinajstić information content (AvgIpc) is 2.84. The Morgan fingerprint density at radius 1 is 1.21 bits per heavy atom. The number of rotatable bonds is 5. The summed E-state index contributed by atoms with van der Waals surface area (Å²) in [6.07, 6.45) is 1.66. The molecule has 0 spiro atoms. The first kappa shape index (κ1) is 21.3. The summed E-state index contributed by atoms with van der Waals surface area (Å²) in [5, 5.41) is 5.94. The van der Waals surface area contributed by atoms with Crippen LogP contribution in [0, 0.1) is 6.92 Å². The number of anilines is 2. The summed E-state index contributed by atoms with van der Waals surface area (Å²) in [7, 11) is -2.51. The molecular weight excluding hydrogens is 414 g/mol. The van der Waals surface area contributed by atoms with Gasteiger partial charge in [0.2, 0.25) is 21.8 Å². The Hall–Kier alpha value is -2.42. The number of aryl methyl sites for hydroxylation is 2. The van der Waals surface area contributed by atoms with Crippen LogP contribution in [0.15, 0.2) is 41.3 Å². The third kappa shape index (κ3) is 4.95. The Kier molecular flexibility index (Phi) is 6.26. The van der Waals surface area contributed by atoms with Gasteiger partial charge >= 0.3 is 0 Å². The molecule has 0 atom stereocenters. The van der Waals surface area contributed by atoms with E-state index in [9.17, 15) is 18.0 Å². The molecule has 0 aromatic heterocycles. The predicted octanol–water partition coefficient (Wildman–Crippen LogP) is 3.18. The fourth-order valence-electron chi connectivity index (χ4n) is 3.05. The van der Waals surface area contributed by atoms with Crippen molar-refractivity contribution in [3.05, 3.63) is 52.5 Å². The van der Waals surface area contributed by atoms with E-state index in [1.165, 1.54) is 13.1 Å². The first-order valence-electron chi connectivity index (χ1n) is 9.12. The number of likely N-dealkylation sites (N-methyl/N-ethyl adjacent to an activating group) is 1. The smallest absolute Gasteiger partial charge is 0.243 e. The quantitative estimate of drug-likeness (QED) is 0.753. The van der Waals surface area contributed by atoms with Gasteiger partial charge in [0, 0.05) is 29.9 Å². The number of nitrogens with zero attached hydrogens (tertiary/aromatic N) is 1. The van der Waals surface area contributed by atoms with E-state index in [-0.39, 0.29) is 17.3 Å². The summed E-state index contributed by atoms with van der Waals surface area (Å²) >= 11 is 6.05. The number of hydrogen-bond acceptors (Lipinski definition) is 4. The number of fused-ring (bicyclic) bond motifs is 1. The molecule has 1 aliphatic rings. The molecule has 0 saturated heterocycles. The minimum atomic E-state index is -3.87. The van der Waals surface area contributed by atoms with Crippen LogP contribution in [0.3, 0.4) is 0 Å². The SMILES string of the molecule is Cc1ccc(NC(=O)CN(C)S(=O)(=O)c2ccc3c(c2)CCCC(=O)N3)cc1Cl. The van der Waals surface area contributed by atoms with Crippen LogP contribution in [0.2, 0.25) is 5.02 Å². The summed E-state index contributed by atoms with van der Waals surface area (Å²) in [5.74, 6) is -0.553. The van der Waals surface area contributed by atoms with Gasteiger partial charge in [0.1, 0.15) is 0 Å². The van der Waals surface area contributed by atoms with Crippen molar-refractivity contribution in [3.8, 4) is 0 Å². The second-order valence-electron chi connectivity index (χ2n) is 6.99. The molecule has 154 valence electrons. The van der Waals surface area contributed by atoms with Gasteiger partial charge in [0.15, 0.2) is 0 Å². The Balaban J connectivity index is 1.73. The molecule has 1 aliphatic heterocycles. The normalized spacial score (nSPS) is 14.1. The Morgan fingerprint density at radius 2 is 1.97 bits per heavy atom. The molecule has 0 fully saturated rings. The number of carbonyl (C=O) groups excluding carboxylic acids is 2. The monoisotopic (exact) mass is 435 g/mol. The zero-order chi connectivity index (χ0) is 21.2. The van der Waals surface area contributed by atoms with E-state index in [1.54, 1.807) is 30.3 Å². The maximum absolute atomic E-state index is 12.9. The second kappa shape index (κ2) is 8.52. The third-order valence-electron chi connectivity index (χ3n) is 4.73. The first-order valence-corrected chi connectivity index (χ1v) is 10.9. The minimum absolute atomic E-state index is 0.0793. The van der Waals surface area contributed by atoms with Gasteiger partial charge in [-0.3, -0.25) is 9.59 Å². The second-order valence-corrected chi connectivity index (χ2v) is 9.45. The van der Waals surface area contributed by atoms with E-state index in [1.807, 2.05) is 6.92 Å². The predicted molar refractivity (Wildman–Crippen MR) is 113 cm³/mol. The van der Waals surface area contributed by atoms with Crippen LogP contribution >= 0.6 is 11.6 Å². The van der Waals surface area contributed by atoms with Crippen LogP contribution < -0.4 is 10.6 Å². The molecule has 0 radical (unpaired) electrons. The highest BCUT2D eigenvalue weighted by atomic mass is 35.5. The summed E-state index contributed by atoms with van der Waals surface area (Å²) in [6, 6.07) is 9.68. The number of halogens is 1. The number of benzene rings is 2. The Morgan fingerprint density at radius 3 is 2.69 bits per heavy atom. The molecule has 0 unspecified atom stereocenters. The van der Waals surface area contributed by atoms with E-state index in [4.69, 9.17) is 11.6 Å². The van der Waals surface area contributed by atoms with Gasteiger partial charge in [-0.25, -0.2) is 8.42 Å². The van der Waals surface area contributed by atoms with Gasteiger partial charge < -0.3 is 10.6 Å². The molecular formula is C20H22ClN3O4S. The highest BCUT2D eigenvalue weighted by molar-refractivity contribution is 7.89. The van der Waals surface area contributed by atoms with Crippen molar-refractivity contribution in [2.75, 3.05) is 24.2 Å². The van der Waals surface area contributed by atoms with Crippen molar-refractivity contribution >= 4 is 44.8 Å². The lowest BCUT2D eigenvalue weighted by atomic mass is 10.1. The molecule has 29 heavy (non-hydrogen) atoms. The van der Waals surface area contributed by atoms with E-state index >= 15 is 0 Å². The third-order valence-corrected chi connectivity index (χ3v) is 6.94. The van der Waals surface area contributed by atoms with Gasteiger partial charge in [-0.15, -0.1) is 0 Å². The molecule has 7 nitrogen and oxygen atoms in total. The molecule has 9 heteroatoms. The van der Waals surface area contributed by atoms with Gasteiger partial charge in [0.05, 0.1) is 11.4 Å². The highest BCUT2D eigenvalue weighted by Gasteiger charge is 2.25. The van der Waals surface area contributed by atoms with Crippen LogP contribution in [0.4, 0.5) is 11.4 Å². The zero-order valence-corrected chi connectivity index (χ0v) is 17.7. The summed E-state index contributed by atoms with van der Waals surface area (Å²) < 4.78 is 26.8. The van der Waals surface area contributed by atoms with Crippen molar-refractivity contribution in [3.63, 3.8) is 0 Å². The highest BCUT2D eigenvalue weighted by Crippen LogP contribution is 2.26. The van der Waals surface area contributed by atoms with Crippen molar-refractivity contribution < 1.29 is 18.0 Å². The van der Waals surface area contributed by atoms with Crippen molar-refractivity contribution in [2.24, 2.45) is 0 Å². The van der Waals surface area contributed by atoms with E-state index < -0.39 is 15.9 Å². The standard InChI is InChI=1S/C20H22ClN3O4S/c1-13-6-7-15(11-17(13)21)22-20(26)12-24(2)29(27,28)16-8-9-18-14(10-16)4-3-5-19(25)23-18/h6-11H,3-5,12H2,1-2H3,(H,22,26)(H,23,25). The number of amides is 2.